The first-order valence-electron chi connectivity index (χ1n) is 10.1. The summed E-state index contributed by atoms with van der Waals surface area (Å²) >= 11 is 0. The van der Waals surface area contributed by atoms with E-state index in [0.717, 1.165) is 17.0 Å². The van der Waals surface area contributed by atoms with Gasteiger partial charge in [-0.25, -0.2) is 4.68 Å². The Labute approximate surface area is 190 Å². The number of rotatable bonds is 4. The largest absolute Gasteiger partial charge is 0.504 e. The van der Waals surface area contributed by atoms with Crippen LogP contribution < -0.4 is 15.8 Å². The molecule has 9 nitrogen and oxygen atoms in total. The second-order valence-corrected chi connectivity index (χ2v) is 7.54. The molecule has 34 heavy (non-hydrogen) atoms. The quantitative estimate of drug-likeness (QED) is 0.504. The maximum atomic E-state index is 13.0. The highest BCUT2D eigenvalue weighted by molar-refractivity contribution is 6.01. The fourth-order valence-electron chi connectivity index (χ4n) is 3.50. The summed E-state index contributed by atoms with van der Waals surface area (Å²) in [5.74, 6) is -3.44. The highest BCUT2D eigenvalue weighted by Crippen LogP contribution is 2.33. The van der Waals surface area contributed by atoms with E-state index in [1.807, 2.05) is 0 Å². The molecule has 0 spiro atoms. The number of anilines is 1. The molecule has 0 bridgehead atoms. The number of alkyl halides is 3. The Morgan fingerprint density at radius 3 is 2.44 bits per heavy atom. The highest BCUT2D eigenvalue weighted by Gasteiger charge is 2.37. The van der Waals surface area contributed by atoms with Gasteiger partial charge in [-0.15, -0.1) is 0 Å². The van der Waals surface area contributed by atoms with Gasteiger partial charge < -0.3 is 10.0 Å². The lowest BCUT2D eigenvalue weighted by Gasteiger charge is -2.18. The van der Waals surface area contributed by atoms with Crippen molar-refractivity contribution in [3.63, 3.8) is 0 Å². The van der Waals surface area contributed by atoms with Crippen molar-refractivity contribution in [1.29, 1.82) is 0 Å². The minimum Gasteiger partial charge on any atom is -0.504 e. The number of hydrazine groups is 1. The number of carbonyl (C=O) groups is 3. The lowest BCUT2D eigenvalue weighted by atomic mass is 10.1. The Morgan fingerprint density at radius 2 is 1.74 bits per heavy atom. The molecule has 2 heterocycles. The lowest BCUT2D eigenvalue weighted by Crippen LogP contribution is -2.45. The van der Waals surface area contributed by atoms with E-state index in [1.165, 1.54) is 23.0 Å². The van der Waals surface area contributed by atoms with E-state index in [4.69, 9.17) is 0 Å². The Hall–Kier alpha value is -4.35. The Morgan fingerprint density at radius 1 is 1.03 bits per heavy atom. The highest BCUT2D eigenvalue weighted by atomic mass is 19.4. The molecule has 1 atom stereocenters. The number of nitrogens with one attached hydrogen (secondary N) is 2. The van der Waals surface area contributed by atoms with Crippen LogP contribution in [-0.4, -0.2) is 39.2 Å². The average Bonchev–Trinajstić information content (AvgIpc) is 3.40. The van der Waals surface area contributed by atoms with E-state index in [1.54, 1.807) is 30.3 Å². The van der Waals surface area contributed by atoms with Crippen molar-refractivity contribution in [2.45, 2.75) is 12.6 Å². The first kappa shape index (κ1) is 22.8. The number of para-hydroxylation sites is 1. The zero-order valence-corrected chi connectivity index (χ0v) is 17.4. The molecule has 0 saturated carbocycles. The van der Waals surface area contributed by atoms with E-state index in [-0.39, 0.29) is 24.3 Å². The summed E-state index contributed by atoms with van der Waals surface area (Å²) in [6.45, 7) is -0.157. The SMILES string of the molecule is O=C(NNC(=O)C1CC(=O)N(c2cccc(C(F)(F)F)c2)C1)c1nn(-c2ccccc2)cc1O. The van der Waals surface area contributed by atoms with E-state index >= 15 is 0 Å². The van der Waals surface area contributed by atoms with Crippen LogP contribution in [0.4, 0.5) is 18.9 Å². The third kappa shape index (κ3) is 4.70. The van der Waals surface area contributed by atoms with Crippen LogP contribution in [0.25, 0.3) is 5.69 Å². The van der Waals surface area contributed by atoms with E-state index in [9.17, 15) is 32.7 Å². The van der Waals surface area contributed by atoms with E-state index in [2.05, 4.69) is 16.0 Å². The molecule has 4 rings (SSSR count). The number of halogens is 3. The summed E-state index contributed by atoms with van der Waals surface area (Å²) in [7, 11) is 0. The number of aromatic hydroxyl groups is 1. The van der Waals surface area contributed by atoms with Crippen LogP contribution in [0, 0.1) is 5.92 Å². The van der Waals surface area contributed by atoms with Gasteiger partial charge in [0.25, 0.3) is 5.91 Å². The summed E-state index contributed by atoms with van der Waals surface area (Å²) in [6, 6.07) is 13.0. The van der Waals surface area contributed by atoms with Crippen LogP contribution in [0.3, 0.4) is 0 Å². The normalized spacial score (nSPS) is 15.9. The molecule has 3 N–H and O–H groups in total. The number of carbonyl (C=O) groups excluding carboxylic acids is 3. The molecular weight excluding hydrogens is 455 g/mol. The summed E-state index contributed by atoms with van der Waals surface area (Å²) in [6.07, 6.45) is -3.58. The number of aromatic nitrogens is 2. The summed E-state index contributed by atoms with van der Waals surface area (Å²) < 4.78 is 40.2. The Kier molecular flexibility index (Phi) is 5.97. The van der Waals surface area contributed by atoms with Crippen molar-refractivity contribution in [3.8, 4) is 11.4 Å². The monoisotopic (exact) mass is 473 g/mol. The topological polar surface area (TPSA) is 117 Å². The van der Waals surface area contributed by atoms with Crippen LogP contribution in [-0.2, 0) is 15.8 Å². The van der Waals surface area contributed by atoms with Crippen molar-refractivity contribution in [2.24, 2.45) is 5.92 Å². The van der Waals surface area contributed by atoms with Gasteiger partial charge in [0, 0.05) is 18.7 Å². The van der Waals surface area contributed by atoms with E-state index in [0.29, 0.717) is 5.69 Å². The second-order valence-electron chi connectivity index (χ2n) is 7.54. The molecule has 0 aliphatic carbocycles. The summed E-state index contributed by atoms with van der Waals surface area (Å²) in [4.78, 5) is 38.2. The van der Waals surface area contributed by atoms with Crippen molar-refractivity contribution < 1.29 is 32.7 Å². The molecular formula is C22H18F3N5O4. The third-order valence-electron chi connectivity index (χ3n) is 5.21. The number of hydrogen-bond donors (Lipinski definition) is 3. The summed E-state index contributed by atoms with van der Waals surface area (Å²) in [5.41, 5.74) is 3.67. The molecule has 1 aliphatic rings. The number of nitrogens with zero attached hydrogens (tertiary/aromatic N) is 3. The molecule has 3 amide bonds. The van der Waals surface area contributed by atoms with Gasteiger partial charge >= 0.3 is 6.18 Å². The fourth-order valence-corrected chi connectivity index (χ4v) is 3.50. The van der Waals surface area contributed by atoms with Gasteiger partial charge in [-0.3, -0.25) is 25.2 Å². The third-order valence-corrected chi connectivity index (χ3v) is 5.21. The Bertz CT molecular complexity index is 1240. The van der Waals surface area contributed by atoms with Gasteiger partial charge in [-0.2, -0.15) is 18.3 Å². The van der Waals surface area contributed by atoms with Gasteiger partial charge in [0.05, 0.1) is 23.4 Å². The predicted molar refractivity (Wildman–Crippen MR) is 113 cm³/mol. The van der Waals surface area contributed by atoms with Crippen molar-refractivity contribution in [1.82, 2.24) is 20.6 Å². The van der Waals surface area contributed by atoms with E-state index < -0.39 is 41.1 Å². The molecule has 2 aromatic carbocycles. The van der Waals surface area contributed by atoms with Crippen LogP contribution in [0.1, 0.15) is 22.5 Å². The van der Waals surface area contributed by atoms with Gasteiger partial charge in [0.2, 0.25) is 11.8 Å². The number of benzene rings is 2. The zero-order valence-electron chi connectivity index (χ0n) is 17.4. The van der Waals surface area contributed by atoms with Crippen LogP contribution in [0.2, 0.25) is 0 Å². The first-order valence-corrected chi connectivity index (χ1v) is 10.1. The zero-order chi connectivity index (χ0) is 24.5. The molecule has 3 aromatic rings. The smallest absolute Gasteiger partial charge is 0.416 e. The first-order chi connectivity index (χ1) is 16.1. The molecule has 1 unspecified atom stereocenters. The molecule has 1 aliphatic heterocycles. The van der Waals surface area contributed by atoms with Gasteiger partial charge in [-0.05, 0) is 30.3 Å². The summed E-state index contributed by atoms with van der Waals surface area (Å²) in [5, 5.41) is 14.0. The molecule has 1 saturated heterocycles. The standard InChI is InChI=1S/C22H18F3N5O4/c23-22(24,25)14-5-4-8-16(10-14)29-11-13(9-18(29)32)20(33)26-27-21(34)19-17(31)12-30(28-19)15-6-2-1-3-7-15/h1-8,10,12-13,31H,9,11H2,(H,26,33)(H,27,34). The minimum atomic E-state index is -4.57. The Balaban J connectivity index is 1.38. The fraction of sp³-hybridized carbons (Fsp3) is 0.182. The minimum absolute atomic E-state index is 0.0236. The lowest BCUT2D eigenvalue weighted by molar-refractivity contribution is -0.137. The molecule has 176 valence electrons. The maximum absolute atomic E-state index is 13.0. The maximum Gasteiger partial charge on any atom is 0.416 e. The van der Waals surface area contributed by atoms with Crippen molar-refractivity contribution in [3.05, 3.63) is 72.1 Å². The van der Waals surface area contributed by atoms with Crippen LogP contribution >= 0.6 is 0 Å². The van der Waals surface area contributed by atoms with Gasteiger partial charge in [0.15, 0.2) is 11.4 Å². The van der Waals surface area contributed by atoms with Crippen molar-refractivity contribution in [2.75, 3.05) is 11.4 Å². The predicted octanol–water partition coefficient (Wildman–Crippen LogP) is 2.41. The molecule has 1 fully saturated rings. The van der Waals surface area contributed by atoms with Crippen molar-refractivity contribution >= 4 is 23.4 Å². The molecule has 0 radical (unpaired) electrons. The molecule has 1 aromatic heterocycles. The number of hydrogen-bond acceptors (Lipinski definition) is 5. The average molecular weight is 473 g/mol. The van der Waals surface area contributed by atoms with Crippen LogP contribution in [0.15, 0.2) is 60.8 Å². The van der Waals surface area contributed by atoms with Crippen LogP contribution in [0.5, 0.6) is 5.75 Å². The molecule has 12 heteroatoms. The number of amides is 3. The van der Waals surface area contributed by atoms with Gasteiger partial charge in [-0.1, -0.05) is 24.3 Å². The van der Waals surface area contributed by atoms with Gasteiger partial charge in [0.1, 0.15) is 0 Å². The second kappa shape index (κ2) is 8.89.